The molecule has 0 aliphatic carbocycles. The number of aliphatic hydroxyl groups excluding tert-OH is 2. The van der Waals surface area contributed by atoms with Gasteiger partial charge in [-0.2, -0.15) is 39.5 Å². The number of hydrogen-bond donors (Lipinski definition) is 8. The summed E-state index contributed by atoms with van der Waals surface area (Å²) < 4.78 is 206. The van der Waals surface area contributed by atoms with E-state index in [1.807, 2.05) is 71.9 Å². The number of nitrogens with two attached hydrogens (primary N) is 2. The zero-order chi connectivity index (χ0) is 99.1. The molecule has 5 rings (SSSR count). The number of hydrogen-bond acceptors (Lipinski definition) is 23. The molecule has 0 aliphatic rings. The summed E-state index contributed by atoms with van der Waals surface area (Å²) in [5.41, 5.74) is 8.99. The molecule has 0 aromatic heterocycles. The molecular weight excluding hydrogens is 2120 g/mol. The van der Waals surface area contributed by atoms with Crippen molar-refractivity contribution in [3.8, 4) is 36.0 Å². The van der Waals surface area contributed by atoms with Crippen LogP contribution in [0.25, 0.3) is 0 Å². The van der Waals surface area contributed by atoms with Gasteiger partial charge in [-0.25, -0.2) is 33.7 Å². The Hall–Kier alpha value is -2.68. The van der Waals surface area contributed by atoms with E-state index in [1.165, 1.54) is 54.2 Å². The van der Waals surface area contributed by atoms with Gasteiger partial charge in [-0.05, 0) is 194 Å². The van der Waals surface area contributed by atoms with E-state index in [2.05, 4.69) is 80.2 Å². The number of aliphatic hydroxyl groups is 6. The minimum Gasteiger partial charge on any atom is -1.00 e. The topological polar surface area (TPSA) is 411 Å². The fourth-order valence-electron chi connectivity index (χ4n) is 11.4. The van der Waals surface area contributed by atoms with E-state index in [0.29, 0.717) is 64.8 Å². The van der Waals surface area contributed by atoms with Crippen molar-refractivity contribution >= 4 is 107 Å². The van der Waals surface area contributed by atoms with Crippen LogP contribution in [0, 0.1) is 43.5 Å². The molecule has 0 spiro atoms. The largest absolute Gasteiger partial charge is 1.00 e. The standard InChI is InChI=1S/C20H25F3O4S.C17H29NO3S.C17H25NO3S.C11H10BrF3O3S.C11H10BrF3OS.C9H16O.2C2H6O.CH2O3.CH3.2K.Pd.H/c1-3-11-19(25,12-4-2)13-10-16-7-5-8-17(15-16)28(26,27)14-6-9-18(24)20(21,22)23;2*1-3-9-17(19,10-4-2)11-8-15-6-5-7-16(14-15)22(20,21)13-12-18;12-8-3-1-4-9(7-8)19(17,18)6-2-5-10(16)11(13,14)15;12-8-3-1-4-9(7-8)17-6-2-5-10(16)11(13,14)15;1-4-7-9(10,6-3)8-5-2;2*1-2-3;2-1-4-3;;;;;/h5,7-8,15,25H,3-4,6,9,11-12,14H2,1-2H3;5-7,14,19H,3-4,8-13,18H2,1-2H3;5-7,14,19H,3-4,9-10,12-13,18H2,1-2H3;1,3-4,7H,2,5-6H2;1,3-4,7H,2,5-6H2;3,10H,4-5,7-8H2,1-2H3;2*3H,2H2,1H3;1,3H;1H3;;;;/q;;;;;;;;;-1;2*+1;;-1/p-1. The molecule has 0 radical (unpaired) electrons. The first kappa shape index (κ1) is 145. The SMILES string of the molecule is C#CC(O)(CCC)CCC.CCCC(O)(C#Cc1cccc(S(=O)(=O)CCCC(=O)C(F)(F)F)c1)CCC.CCCC(O)(C#Cc1cccc(S(=O)(=O)CCN)c1)CCC.CCCC(O)(CCC)CCc1cccc(S(=O)(=O)CCN)c1.CCO.CCO.O=C(CCCS(=O)(=O)c1cccc(Br)c1)C(F)(F)F.O=C(CCCSc1cccc(Br)c1)C(F)(F)F.O=CO[O-].[CH3-].[H-].[K+].[K+].[Pd]. The van der Waals surface area contributed by atoms with E-state index in [1.54, 1.807) is 62.4 Å². The minimum absolute atomic E-state index is 0. The van der Waals surface area contributed by atoms with Gasteiger partial charge in [-0.15, -0.1) is 18.2 Å². The number of benzene rings is 5. The summed E-state index contributed by atoms with van der Waals surface area (Å²) >= 11 is 7.85. The van der Waals surface area contributed by atoms with Crippen LogP contribution in [0.15, 0.2) is 155 Å². The summed E-state index contributed by atoms with van der Waals surface area (Å²) in [6.07, 6.45) is 1.49. The number of alkyl halides is 9. The van der Waals surface area contributed by atoms with Gasteiger partial charge in [0.15, 0.2) is 39.3 Å². The van der Waals surface area contributed by atoms with Gasteiger partial charge in [0.05, 0.1) is 48.2 Å². The van der Waals surface area contributed by atoms with Crippen LogP contribution in [-0.4, -0.2) is 184 Å². The molecule has 0 amide bonds. The molecule has 41 heteroatoms. The maximum atomic E-state index is 12.3. The number of halogens is 11. The van der Waals surface area contributed by atoms with Crippen LogP contribution in [0.3, 0.4) is 0 Å². The van der Waals surface area contributed by atoms with Gasteiger partial charge in [-0.3, -0.25) is 19.2 Å². The zero-order valence-corrected chi connectivity index (χ0v) is 92.7. The van der Waals surface area contributed by atoms with Crippen LogP contribution >= 0.6 is 43.6 Å². The number of carbonyl (C=O) groups is 4. The van der Waals surface area contributed by atoms with Gasteiger partial charge in [0.25, 0.3) is 6.47 Å². The minimum atomic E-state index is -4.95. The summed E-state index contributed by atoms with van der Waals surface area (Å²) in [7, 11) is -14.2. The average molecular weight is 2250 g/mol. The maximum Gasteiger partial charge on any atom is 1.00 e. The third kappa shape index (κ3) is 68.4. The second-order valence-electron chi connectivity index (χ2n) is 28.7. The fraction of sp³-hybridized carbons (Fsp3) is 0.549. The molecule has 0 unspecified atom stereocenters. The van der Waals surface area contributed by atoms with Crippen LogP contribution in [0.2, 0.25) is 0 Å². The van der Waals surface area contributed by atoms with Crippen LogP contribution in [-0.2, 0) is 90.3 Å². The Morgan fingerprint density at radius 2 is 0.750 bits per heavy atom. The number of terminal acetylenes is 1. The second-order valence-corrected chi connectivity index (χ2v) is 40.1. The third-order valence-corrected chi connectivity index (χ3v) is 26.4. The van der Waals surface area contributed by atoms with Gasteiger partial charge < -0.3 is 61.1 Å². The summed E-state index contributed by atoms with van der Waals surface area (Å²) in [5, 5.41) is 64.8. The van der Waals surface area contributed by atoms with Gasteiger partial charge >= 0.3 is 121 Å². The number of Topliss-reactive ketones (excluding diaryl/α,β-unsaturated/α-hetero) is 3. The normalized spacial score (nSPS) is 11.2. The predicted octanol–water partition coefficient (Wildman–Crippen LogP) is 11.4. The molecule has 0 atom stereocenters. The van der Waals surface area contributed by atoms with Crippen molar-refractivity contribution in [3.63, 3.8) is 0 Å². The van der Waals surface area contributed by atoms with Crippen LogP contribution in [0.4, 0.5) is 39.5 Å². The van der Waals surface area contributed by atoms with Crippen LogP contribution in [0.5, 0.6) is 0 Å². The number of rotatable bonds is 41. The van der Waals surface area contributed by atoms with Crippen molar-refractivity contribution in [2.24, 2.45) is 11.5 Å². The number of carbonyl (C=O) groups excluding carboxylic acids is 4. The molecule has 22 nitrogen and oxygen atoms in total. The first-order chi connectivity index (χ1) is 59.6. The first-order valence-electron chi connectivity index (χ1n) is 41.5. The molecule has 0 fully saturated rings. The molecule has 5 aromatic rings. The van der Waals surface area contributed by atoms with Gasteiger partial charge in [-0.1, -0.05) is 205 Å². The molecular formula is C91H132Br2F9K2N2O20PdS5-. The Labute approximate surface area is 899 Å². The Morgan fingerprint density at radius 1 is 0.462 bits per heavy atom. The number of aryl methyl sites for hydroxylation is 1. The molecule has 10 N–H and O–H groups in total. The molecule has 0 aliphatic heterocycles. The Bertz CT molecular complexity index is 4670. The smallest absolute Gasteiger partial charge is 1.00 e. The Morgan fingerprint density at radius 3 is 1.05 bits per heavy atom. The predicted molar refractivity (Wildman–Crippen MR) is 496 cm³/mol. The van der Waals surface area contributed by atoms with Gasteiger partial charge in [0, 0.05) is 91.0 Å². The molecule has 5 aromatic carbocycles. The van der Waals surface area contributed by atoms with Crippen LogP contribution < -0.4 is 119 Å². The van der Waals surface area contributed by atoms with E-state index in [0.717, 1.165) is 92.0 Å². The summed E-state index contributed by atoms with van der Waals surface area (Å²) in [6.45, 7) is 19.9. The van der Waals surface area contributed by atoms with Gasteiger partial charge in [0.2, 0.25) is 17.3 Å². The van der Waals surface area contributed by atoms with Crippen molar-refractivity contribution in [1.82, 2.24) is 0 Å². The van der Waals surface area contributed by atoms with E-state index in [4.69, 9.17) is 38.2 Å². The van der Waals surface area contributed by atoms with Crippen molar-refractivity contribution in [3.05, 3.63) is 154 Å². The van der Waals surface area contributed by atoms with E-state index >= 15 is 0 Å². The van der Waals surface area contributed by atoms with E-state index in [-0.39, 0.29) is 204 Å². The molecule has 0 saturated carbocycles. The van der Waals surface area contributed by atoms with E-state index < -0.39 is 135 Å². The number of ketones is 3. The van der Waals surface area contributed by atoms with Crippen LogP contribution in [0.1, 0.15) is 235 Å². The second kappa shape index (κ2) is 78.0. The first-order valence-corrected chi connectivity index (χ1v) is 50.7. The number of sulfone groups is 4. The molecule has 132 heavy (non-hydrogen) atoms. The molecule has 0 heterocycles. The maximum absolute atomic E-state index is 12.3. The fourth-order valence-corrected chi connectivity index (χ4v) is 18.4. The Kier molecular flexibility index (Phi) is 85.5. The molecule has 0 saturated heterocycles. The summed E-state index contributed by atoms with van der Waals surface area (Å²) in [5.74, 6) is 7.69. The zero-order valence-electron chi connectivity index (χ0n) is 78.6. The summed E-state index contributed by atoms with van der Waals surface area (Å²) in [6, 6.07) is 32.6. The monoisotopic (exact) mass is 2250 g/mol. The van der Waals surface area contributed by atoms with Crippen molar-refractivity contribution < 1.29 is 258 Å². The third-order valence-electron chi connectivity index (χ3n) is 17.2. The Balaban J connectivity index is -0.000000195. The van der Waals surface area contributed by atoms with Gasteiger partial charge in [0.1, 0.15) is 16.8 Å². The molecule has 0 bridgehead atoms. The van der Waals surface area contributed by atoms with Crippen molar-refractivity contribution in [1.29, 1.82) is 0 Å². The summed E-state index contributed by atoms with van der Waals surface area (Å²) in [4.78, 5) is 44.8. The van der Waals surface area contributed by atoms with Crippen molar-refractivity contribution in [2.75, 3.05) is 55.1 Å². The number of thioether (sulfide) groups is 1. The van der Waals surface area contributed by atoms with Crippen molar-refractivity contribution in [2.45, 2.75) is 289 Å². The average Bonchev–Trinajstić information content (AvgIpc) is 0.855. The van der Waals surface area contributed by atoms with E-state index in [9.17, 15) is 108 Å². The quantitative estimate of drug-likeness (QED) is 0.00207. The molecule has 746 valence electrons.